The van der Waals surface area contributed by atoms with Crippen molar-refractivity contribution in [3.05, 3.63) is 64.4 Å². The third-order valence-electron chi connectivity index (χ3n) is 4.99. The largest absolute Gasteiger partial charge is 0.493 e. The van der Waals surface area contributed by atoms with E-state index in [0.717, 1.165) is 22.0 Å². The first kappa shape index (κ1) is 19.2. The number of thiophene rings is 1. The molecule has 1 amide bonds. The van der Waals surface area contributed by atoms with Crippen LogP contribution in [0.4, 0.5) is 0 Å². The zero-order chi connectivity index (χ0) is 20.4. The highest BCUT2D eigenvalue weighted by atomic mass is 32.1. The molecular formula is C21H22N4O3S. The van der Waals surface area contributed by atoms with Crippen molar-refractivity contribution in [3.63, 3.8) is 0 Å². The lowest BCUT2D eigenvalue weighted by atomic mass is 10.0. The minimum absolute atomic E-state index is 0.0857. The van der Waals surface area contributed by atoms with Gasteiger partial charge in [-0.2, -0.15) is 5.10 Å². The van der Waals surface area contributed by atoms with Gasteiger partial charge in [-0.15, -0.1) is 11.3 Å². The average molecular weight is 410 g/mol. The topological polar surface area (TPSA) is 69.0 Å². The van der Waals surface area contributed by atoms with E-state index < -0.39 is 0 Å². The van der Waals surface area contributed by atoms with Gasteiger partial charge < -0.3 is 14.0 Å². The van der Waals surface area contributed by atoms with Gasteiger partial charge in [0, 0.05) is 18.8 Å². The SMILES string of the molecule is COc1ccc(C2CC(c3cccs3)=NN2C(=O)Cn2ccnc2C)cc1OC. The molecule has 0 aliphatic carbocycles. The third kappa shape index (κ3) is 3.75. The average Bonchev–Trinajstić information content (AvgIpc) is 3.48. The van der Waals surface area contributed by atoms with E-state index >= 15 is 0 Å². The van der Waals surface area contributed by atoms with Gasteiger partial charge in [0.2, 0.25) is 0 Å². The fourth-order valence-corrected chi connectivity index (χ4v) is 4.16. The molecule has 0 fully saturated rings. The molecule has 1 aliphatic heterocycles. The molecule has 0 spiro atoms. The minimum Gasteiger partial charge on any atom is -0.493 e. The van der Waals surface area contributed by atoms with E-state index in [2.05, 4.69) is 4.98 Å². The van der Waals surface area contributed by atoms with Gasteiger partial charge in [-0.1, -0.05) is 12.1 Å². The Morgan fingerprint density at radius 2 is 2.07 bits per heavy atom. The summed E-state index contributed by atoms with van der Waals surface area (Å²) in [6, 6.07) is 9.56. The molecule has 4 rings (SSSR count). The molecule has 7 nitrogen and oxygen atoms in total. The zero-order valence-electron chi connectivity index (χ0n) is 16.5. The number of ether oxygens (including phenoxy) is 2. The number of amides is 1. The van der Waals surface area contributed by atoms with E-state index in [9.17, 15) is 4.79 Å². The molecule has 1 aromatic carbocycles. The number of benzene rings is 1. The number of methoxy groups -OCH3 is 2. The standard InChI is InChI=1S/C21H22N4O3S/c1-14-22-8-9-24(14)13-21(26)25-17(12-16(23-25)20-5-4-10-29-20)15-6-7-18(27-2)19(11-15)28-3/h4-11,17H,12-13H2,1-3H3. The van der Waals surface area contributed by atoms with Gasteiger partial charge in [0.15, 0.2) is 11.5 Å². The summed E-state index contributed by atoms with van der Waals surface area (Å²) in [4.78, 5) is 18.4. The van der Waals surface area contributed by atoms with Crippen molar-refractivity contribution in [2.45, 2.75) is 25.9 Å². The van der Waals surface area contributed by atoms with E-state index in [4.69, 9.17) is 14.6 Å². The smallest absolute Gasteiger partial charge is 0.263 e. The maximum atomic E-state index is 13.2. The van der Waals surface area contributed by atoms with Crippen molar-refractivity contribution >= 4 is 23.0 Å². The molecule has 29 heavy (non-hydrogen) atoms. The second-order valence-corrected chi connectivity index (χ2v) is 7.65. The molecule has 0 N–H and O–H groups in total. The van der Waals surface area contributed by atoms with E-state index in [-0.39, 0.29) is 18.5 Å². The summed E-state index contributed by atoms with van der Waals surface area (Å²) in [5.41, 5.74) is 1.86. The number of hydrogen-bond donors (Lipinski definition) is 0. The zero-order valence-corrected chi connectivity index (χ0v) is 17.3. The number of hydrogen-bond acceptors (Lipinski definition) is 6. The Hall–Kier alpha value is -3.13. The molecule has 0 saturated carbocycles. The highest BCUT2D eigenvalue weighted by molar-refractivity contribution is 7.12. The first-order valence-electron chi connectivity index (χ1n) is 9.23. The fraction of sp³-hybridized carbons (Fsp3) is 0.286. The Morgan fingerprint density at radius 3 is 2.72 bits per heavy atom. The molecule has 1 atom stereocenters. The number of hydrazone groups is 1. The Morgan fingerprint density at radius 1 is 1.24 bits per heavy atom. The molecule has 2 aromatic heterocycles. The molecule has 0 bridgehead atoms. The van der Waals surface area contributed by atoms with Gasteiger partial charge >= 0.3 is 0 Å². The number of rotatable bonds is 6. The minimum atomic E-state index is -0.205. The van der Waals surface area contributed by atoms with Gasteiger partial charge in [-0.25, -0.2) is 9.99 Å². The number of carbonyl (C=O) groups excluding carboxylic acids is 1. The quantitative estimate of drug-likeness (QED) is 0.622. The maximum absolute atomic E-state index is 13.2. The lowest BCUT2D eigenvalue weighted by Gasteiger charge is -2.23. The second-order valence-electron chi connectivity index (χ2n) is 6.70. The number of aromatic nitrogens is 2. The van der Waals surface area contributed by atoms with Crippen LogP contribution in [0.1, 0.15) is 28.7 Å². The third-order valence-corrected chi connectivity index (χ3v) is 5.91. The molecule has 1 aliphatic rings. The van der Waals surface area contributed by atoms with Crippen molar-refractivity contribution in [1.29, 1.82) is 0 Å². The Kier molecular flexibility index (Phi) is 5.35. The summed E-state index contributed by atoms with van der Waals surface area (Å²) < 4.78 is 12.6. The summed E-state index contributed by atoms with van der Waals surface area (Å²) in [6.45, 7) is 2.07. The van der Waals surface area contributed by atoms with Gasteiger partial charge in [0.25, 0.3) is 5.91 Å². The molecule has 1 unspecified atom stereocenters. The van der Waals surface area contributed by atoms with Crippen LogP contribution < -0.4 is 9.47 Å². The van der Waals surface area contributed by atoms with Crippen LogP contribution in [0.2, 0.25) is 0 Å². The first-order chi connectivity index (χ1) is 14.1. The summed E-state index contributed by atoms with van der Waals surface area (Å²) in [7, 11) is 3.21. The van der Waals surface area contributed by atoms with Crippen molar-refractivity contribution in [3.8, 4) is 11.5 Å². The molecule has 0 saturated heterocycles. The van der Waals surface area contributed by atoms with Gasteiger partial charge in [-0.3, -0.25) is 4.79 Å². The van der Waals surface area contributed by atoms with Crippen LogP contribution in [0.3, 0.4) is 0 Å². The van der Waals surface area contributed by atoms with Crippen molar-refractivity contribution < 1.29 is 14.3 Å². The predicted octanol–water partition coefficient (Wildman–Crippen LogP) is 3.65. The number of imidazole rings is 1. The van der Waals surface area contributed by atoms with Crippen LogP contribution in [-0.4, -0.2) is 40.4 Å². The summed E-state index contributed by atoms with van der Waals surface area (Å²) in [6.07, 6.45) is 4.14. The highest BCUT2D eigenvalue weighted by Crippen LogP contribution is 2.38. The summed E-state index contributed by atoms with van der Waals surface area (Å²) in [5, 5.41) is 8.31. The predicted molar refractivity (Wildman–Crippen MR) is 112 cm³/mol. The van der Waals surface area contributed by atoms with Crippen LogP contribution in [0.15, 0.2) is 53.2 Å². The molecule has 150 valence electrons. The normalized spacial score (nSPS) is 16.0. The first-order valence-corrected chi connectivity index (χ1v) is 10.1. The lowest BCUT2D eigenvalue weighted by molar-refractivity contribution is -0.133. The Labute approximate surface area is 173 Å². The van der Waals surface area contributed by atoms with E-state index in [1.165, 1.54) is 0 Å². The van der Waals surface area contributed by atoms with Crippen LogP contribution >= 0.6 is 11.3 Å². The van der Waals surface area contributed by atoms with E-state index in [1.807, 2.05) is 47.2 Å². The van der Waals surface area contributed by atoms with Crippen molar-refractivity contribution in [2.24, 2.45) is 5.10 Å². The van der Waals surface area contributed by atoms with Crippen LogP contribution in [0, 0.1) is 6.92 Å². The van der Waals surface area contributed by atoms with Crippen molar-refractivity contribution in [1.82, 2.24) is 14.6 Å². The van der Waals surface area contributed by atoms with E-state index in [0.29, 0.717) is 17.9 Å². The van der Waals surface area contributed by atoms with Crippen LogP contribution in [0.25, 0.3) is 0 Å². The second kappa shape index (κ2) is 8.08. The number of nitrogens with zero attached hydrogens (tertiary/aromatic N) is 4. The number of aryl methyl sites for hydroxylation is 1. The fourth-order valence-electron chi connectivity index (χ4n) is 3.44. The van der Waals surface area contributed by atoms with Gasteiger partial charge in [-0.05, 0) is 36.1 Å². The van der Waals surface area contributed by atoms with Gasteiger partial charge in [0.1, 0.15) is 12.4 Å². The van der Waals surface area contributed by atoms with E-state index in [1.54, 1.807) is 43.0 Å². The Bertz CT molecular complexity index is 1040. The maximum Gasteiger partial charge on any atom is 0.263 e. The molecular weight excluding hydrogens is 388 g/mol. The van der Waals surface area contributed by atoms with Crippen molar-refractivity contribution in [2.75, 3.05) is 14.2 Å². The lowest BCUT2D eigenvalue weighted by Crippen LogP contribution is -2.30. The molecule has 8 heteroatoms. The van der Waals surface area contributed by atoms with Crippen LogP contribution in [0.5, 0.6) is 11.5 Å². The molecule has 0 radical (unpaired) electrons. The highest BCUT2D eigenvalue weighted by Gasteiger charge is 2.34. The molecule has 3 aromatic rings. The van der Waals surface area contributed by atoms with Crippen LogP contribution in [-0.2, 0) is 11.3 Å². The summed E-state index contributed by atoms with van der Waals surface area (Å²) in [5.74, 6) is 1.99. The summed E-state index contributed by atoms with van der Waals surface area (Å²) >= 11 is 1.62. The molecule has 3 heterocycles. The Balaban J connectivity index is 1.67. The monoisotopic (exact) mass is 410 g/mol. The number of carbonyl (C=O) groups is 1. The van der Waals surface area contributed by atoms with Gasteiger partial charge in [0.05, 0.1) is 30.9 Å².